The number of aromatic amines is 1. The van der Waals surface area contributed by atoms with Gasteiger partial charge in [0, 0.05) is 61.0 Å². The molecule has 3 aromatic rings. The molecule has 0 radical (unpaired) electrons. The summed E-state index contributed by atoms with van der Waals surface area (Å²) in [6.07, 6.45) is 2.54. The summed E-state index contributed by atoms with van der Waals surface area (Å²) in [6, 6.07) is 7.09. The number of phenolic OH excluding ortho intramolecular Hbond substituents is 1. The van der Waals surface area contributed by atoms with Gasteiger partial charge in [0.2, 0.25) is 0 Å². The van der Waals surface area contributed by atoms with Crippen LogP contribution in [0, 0.1) is 18.7 Å². The zero-order valence-electron chi connectivity index (χ0n) is 20.3. The number of nitrogens with one attached hydrogen (secondary N) is 2. The second-order valence-electron chi connectivity index (χ2n) is 10.2. The summed E-state index contributed by atoms with van der Waals surface area (Å²) in [4.78, 5) is 9.82. The highest BCUT2D eigenvalue weighted by atomic mass is 19.1. The first-order valence-corrected chi connectivity index (χ1v) is 12.4. The van der Waals surface area contributed by atoms with Crippen LogP contribution in [-0.2, 0) is 6.54 Å². The third-order valence-corrected chi connectivity index (χ3v) is 7.58. The molecule has 182 valence electrons. The number of fused-ring (bicyclic) bond motifs is 1. The second kappa shape index (κ2) is 9.60. The Hall–Kier alpha value is -2.55. The lowest BCUT2D eigenvalue weighted by Gasteiger charge is -2.45. The Balaban J connectivity index is 1.39. The van der Waals surface area contributed by atoms with Gasteiger partial charge in [-0.05, 0) is 76.4 Å². The molecule has 0 bridgehead atoms. The molecule has 2 fully saturated rings. The molecule has 0 spiro atoms. The number of H-pyrrole nitrogens is 1. The van der Waals surface area contributed by atoms with E-state index in [1.54, 1.807) is 6.07 Å². The van der Waals surface area contributed by atoms with E-state index in [4.69, 9.17) is 0 Å². The predicted molar refractivity (Wildman–Crippen MR) is 132 cm³/mol. The van der Waals surface area contributed by atoms with E-state index >= 15 is 0 Å². The monoisotopic (exact) mass is 466 g/mol. The van der Waals surface area contributed by atoms with Gasteiger partial charge in [-0.2, -0.15) is 5.10 Å². The number of hydrogen-bond acceptors (Lipinski definition) is 6. The molecular weight excluding hydrogens is 431 g/mol. The lowest BCUT2D eigenvalue weighted by molar-refractivity contribution is 0.0256. The van der Waals surface area contributed by atoms with Crippen molar-refractivity contribution in [2.75, 3.05) is 32.7 Å². The van der Waals surface area contributed by atoms with Crippen molar-refractivity contribution in [3.05, 3.63) is 41.3 Å². The summed E-state index contributed by atoms with van der Waals surface area (Å²) < 4.78 is 14.6. The Bertz CT molecular complexity index is 1160. The van der Waals surface area contributed by atoms with Crippen LogP contribution < -0.4 is 5.32 Å². The zero-order valence-corrected chi connectivity index (χ0v) is 20.3. The lowest BCUT2D eigenvalue weighted by atomic mass is 9.95. The smallest absolute Gasteiger partial charge is 0.182 e. The largest absolute Gasteiger partial charge is 0.508 e. The number of aryl methyl sites for hydroxylation is 1. The molecule has 0 saturated carbocycles. The molecule has 4 heterocycles. The van der Waals surface area contributed by atoms with Crippen LogP contribution in [0.2, 0.25) is 0 Å². The van der Waals surface area contributed by atoms with E-state index in [2.05, 4.69) is 44.1 Å². The molecule has 5 rings (SSSR count). The summed E-state index contributed by atoms with van der Waals surface area (Å²) in [5, 5.41) is 21.5. The summed E-state index contributed by atoms with van der Waals surface area (Å²) in [6.45, 7) is 12.9. The minimum Gasteiger partial charge on any atom is -0.508 e. The minimum absolute atomic E-state index is 0.0941. The highest BCUT2D eigenvalue weighted by Crippen LogP contribution is 2.31. The van der Waals surface area contributed by atoms with Crippen molar-refractivity contribution >= 4 is 11.0 Å². The molecule has 2 unspecified atom stereocenters. The first kappa shape index (κ1) is 23.2. The molecule has 1 aromatic carbocycles. The molecule has 0 amide bonds. The van der Waals surface area contributed by atoms with Crippen molar-refractivity contribution in [2.45, 2.75) is 52.2 Å². The molecule has 34 heavy (non-hydrogen) atoms. The minimum atomic E-state index is -0.487. The maximum atomic E-state index is 14.6. The number of aromatic hydroxyl groups is 1. The van der Waals surface area contributed by atoms with Crippen molar-refractivity contribution in [3.63, 3.8) is 0 Å². The number of aromatic nitrogens is 3. The molecule has 8 heteroatoms. The van der Waals surface area contributed by atoms with E-state index in [1.165, 1.54) is 25.5 Å². The van der Waals surface area contributed by atoms with E-state index in [-0.39, 0.29) is 5.75 Å². The molecule has 2 aliphatic heterocycles. The van der Waals surface area contributed by atoms with Gasteiger partial charge in [-0.25, -0.2) is 9.37 Å². The summed E-state index contributed by atoms with van der Waals surface area (Å²) in [7, 11) is 0. The standard InChI is InChI=1S/C26H35FN6O/c1-16-13-33(17(2)12-32(16)14-19-6-8-28-9-7-19)15-20-10-24(22-5-4-21(34)11-23(22)27)29-26-25(20)18(3)30-31-26/h4-5,10-11,16-17,19,28,34H,6-9,12-15H2,1-3H3,(H,29,30,31). The Morgan fingerprint density at radius 1 is 1.09 bits per heavy atom. The van der Waals surface area contributed by atoms with Crippen LogP contribution in [0.15, 0.2) is 24.3 Å². The number of pyridine rings is 1. The van der Waals surface area contributed by atoms with E-state index < -0.39 is 5.82 Å². The lowest BCUT2D eigenvalue weighted by Crippen LogP contribution is -2.57. The van der Waals surface area contributed by atoms with Crippen LogP contribution in [0.1, 0.15) is 37.9 Å². The fourth-order valence-corrected chi connectivity index (χ4v) is 5.60. The average Bonchev–Trinajstić information content (AvgIpc) is 3.18. The predicted octanol–water partition coefficient (Wildman–Crippen LogP) is 3.67. The van der Waals surface area contributed by atoms with Gasteiger partial charge in [0.1, 0.15) is 11.6 Å². The van der Waals surface area contributed by atoms with Crippen molar-refractivity contribution in [1.29, 1.82) is 0 Å². The second-order valence-corrected chi connectivity index (χ2v) is 10.2. The van der Waals surface area contributed by atoms with Crippen molar-refractivity contribution < 1.29 is 9.50 Å². The van der Waals surface area contributed by atoms with Gasteiger partial charge in [-0.1, -0.05) is 0 Å². The van der Waals surface area contributed by atoms with Gasteiger partial charge in [0.25, 0.3) is 0 Å². The van der Waals surface area contributed by atoms with Gasteiger partial charge in [0.15, 0.2) is 5.65 Å². The highest BCUT2D eigenvalue weighted by molar-refractivity contribution is 5.84. The molecule has 2 saturated heterocycles. The highest BCUT2D eigenvalue weighted by Gasteiger charge is 2.31. The molecule has 7 nitrogen and oxygen atoms in total. The van der Waals surface area contributed by atoms with Gasteiger partial charge in [0.05, 0.1) is 5.69 Å². The van der Waals surface area contributed by atoms with Gasteiger partial charge in [-0.3, -0.25) is 14.9 Å². The van der Waals surface area contributed by atoms with Crippen LogP contribution in [0.3, 0.4) is 0 Å². The van der Waals surface area contributed by atoms with Crippen molar-refractivity contribution in [2.24, 2.45) is 5.92 Å². The number of hydrogen-bond donors (Lipinski definition) is 3. The van der Waals surface area contributed by atoms with E-state index in [1.807, 2.05) is 13.0 Å². The Kier molecular flexibility index (Phi) is 6.55. The number of nitrogens with zero attached hydrogens (tertiary/aromatic N) is 4. The van der Waals surface area contributed by atoms with Crippen molar-refractivity contribution in [1.82, 2.24) is 30.3 Å². The summed E-state index contributed by atoms with van der Waals surface area (Å²) >= 11 is 0. The zero-order chi connectivity index (χ0) is 23.8. The van der Waals surface area contributed by atoms with Crippen LogP contribution in [0.5, 0.6) is 5.75 Å². The topological polar surface area (TPSA) is 80.3 Å². The van der Waals surface area contributed by atoms with Crippen molar-refractivity contribution in [3.8, 4) is 17.0 Å². The first-order chi connectivity index (χ1) is 16.4. The average molecular weight is 467 g/mol. The Morgan fingerprint density at radius 2 is 1.82 bits per heavy atom. The van der Waals surface area contributed by atoms with Gasteiger partial charge < -0.3 is 10.4 Å². The molecule has 2 atom stereocenters. The maximum absolute atomic E-state index is 14.6. The Labute approximate surface area is 200 Å². The van der Waals surface area contributed by atoms with E-state index in [0.29, 0.717) is 29.0 Å². The molecule has 2 aliphatic rings. The van der Waals surface area contributed by atoms with Gasteiger partial charge in [-0.15, -0.1) is 0 Å². The first-order valence-electron chi connectivity index (χ1n) is 12.4. The number of piperazine rings is 1. The SMILES string of the molecule is Cc1[nH]nc2nc(-c3ccc(O)cc3F)cc(CN3CC(C)N(CC4CCNCC4)CC3C)c12. The van der Waals surface area contributed by atoms with Crippen LogP contribution in [-0.4, -0.2) is 74.9 Å². The number of benzene rings is 1. The fraction of sp³-hybridized carbons (Fsp3) is 0.538. The number of phenols is 1. The molecule has 2 aromatic heterocycles. The number of rotatable bonds is 5. The maximum Gasteiger partial charge on any atom is 0.182 e. The quantitative estimate of drug-likeness (QED) is 0.532. The third-order valence-electron chi connectivity index (χ3n) is 7.58. The summed E-state index contributed by atoms with van der Waals surface area (Å²) in [5.41, 5.74) is 3.58. The number of piperidine rings is 1. The fourth-order valence-electron chi connectivity index (χ4n) is 5.60. The van der Waals surface area contributed by atoms with Gasteiger partial charge >= 0.3 is 0 Å². The van der Waals surface area contributed by atoms with Crippen LogP contribution >= 0.6 is 0 Å². The van der Waals surface area contributed by atoms with Crippen LogP contribution in [0.25, 0.3) is 22.3 Å². The van der Waals surface area contributed by atoms with E-state index in [0.717, 1.165) is 61.4 Å². The number of halogens is 1. The normalized spacial score (nSPS) is 23.1. The Morgan fingerprint density at radius 3 is 2.59 bits per heavy atom. The molecule has 0 aliphatic carbocycles. The van der Waals surface area contributed by atoms with E-state index in [9.17, 15) is 9.50 Å². The third kappa shape index (κ3) is 4.67. The summed E-state index contributed by atoms with van der Waals surface area (Å²) in [5.74, 6) is 0.209. The van der Waals surface area contributed by atoms with Crippen LogP contribution in [0.4, 0.5) is 4.39 Å². The molecule has 3 N–H and O–H groups in total. The molecular formula is C26H35FN6O.